The van der Waals surface area contributed by atoms with E-state index in [1.165, 1.54) is 24.6 Å². The number of benzene rings is 1. The normalized spacial score (nSPS) is 14.9. The standard InChI is InChI=1S/C18H23N3OS/c1-4-18(2,3)21-15(22)11-23-17-13-7-5-6-8-14(13)19-16(20-17)12-9-10-12/h5-8,12H,4,9-11H2,1-3H3,(H,21,22). The van der Waals surface area contributed by atoms with Crippen LogP contribution in [0.3, 0.4) is 0 Å². The van der Waals surface area contributed by atoms with Crippen molar-refractivity contribution in [1.29, 1.82) is 0 Å². The van der Waals surface area contributed by atoms with E-state index < -0.39 is 0 Å². The summed E-state index contributed by atoms with van der Waals surface area (Å²) in [6.45, 7) is 6.16. The summed E-state index contributed by atoms with van der Waals surface area (Å²) in [6.07, 6.45) is 3.26. The molecule has 122 valence electrons. The van der Waals surface area contributed by atoms with Crippen LogP contribution < -0.4 is 5.32 Å². The molecule has 0 radical (unpaired) electrons. The molecule has 1 saturated carbocycles. The van der Waals surface area contributed by atoms with Crippen molar-refractivity contribution < 1.29 is 4.79 Å². The summed E-state index contributed by atoms with van der Waals surface area (Å²) < 4.78 is 0. The Labute approximate surface area is 141 Å². The fourth-order valence-corrected chi connectivity index (χ4v) is 3.16. The highest BCUT2D eigenvalue weighted by atomic mass is 32.2. The van der Waals surface area contributed by atoms with Crippen molar-refractivity contribution in [2.45, 2.75) is 56.5 Å². The van der Waals surface area contributed by atoms with Gasteiger partial charge in [0, 0.05) is 16.8 Å². The molecule has 0 saturated heterocycles. The zero-order valence-electron chi connectivity index (χ0n) is 13.9. The molecule has 5 heteroatoms. The summed E-state index contributed by atoms with van der Waals surface area (Å²) in [5.74, 6) is 1.87. The van der Waals surface area contributed by atoms with Crippen LogP contribution in [0.25, 0.3) is 10.9 Å². The number of aromatic nitrogens is 2. The number of rotatable bonds is 6. The molecule has 0 spiro atoms. The third kappa shape index (κ3) is 4.02. The Bertz CT molecular complexity index is 725. The van der Waals surface area contributed by atoms with Crippen LogP contribution in [0.15, 0.2) is 29.3 Å². The average molecular weight is 329 g/mol. The Morgan fingerprint density at radius 3 is 2.74 bits per heavy atom. The molecule has 4 nitrogen and oxygen atoms in total. The van der Waals surface area contributed by atoms with Crippen LogP contribution in [0.2, 0.25) is 0 Å². The lowest BCUT2D eigenvalue weighted by Crippen LogP contribution is -2.43. The van der Waals surface area contributed by atoms with E-state index in [0.717, 1.165) is 28.2 Å². The molecule has 0 atom stereocenters. The lowest BCUT2D eigenvalue weighted by Gasteiger charge is -2.24. The van der Waals surface area contributed by atoms with Crippen molar-refractivity contribution in [1.82, 2.24) is 15.3 Å². The van der Waals surface area contributed by atoms with Crippen LogP contribution in [0.4, 0.5) is 0 Å². The third-order valence-electron chi connectivity index (χ3n) is 4.23. The molecule has 23 heavy (non-hydrogen) atoms. The number of hydrogen-bond acceptors (Lipinski definition) is 4. The van der Waals surface area contributed by atoms with Crippen LogP contribution in [-0.2, 0) is 4.79 Å². The topological polar surface area (TPSA) is 54.9 Å². The number of thioether (sulfide) groups is 1. The smallest absolute Gasteiger partial charge is 0.230 e. The van der Waals surface area contributed by atoms with Gasteiger partial charge in [0.1, 0.15) is 10.9 Å². The van der Waals surface area contributed by atoms with Gasteiger partial charge in [0.2, 0.25) is 5.91 Å². The van der Waals surface area contributed by atoms with E-state index in [-0.39, 0.29) is 11.4 Å². The maximum atomic E-state index is 12.2. The van der Waals surface area contributed by atoms with Crippen molar-refractivity contribution in [2.24, 2.45) is 0 Å². The quantitative estimate of drug-likeness (QED) is 0.645. The number of fused-ring (bicyclic) bond motifs is 1. The maximum Gasteiger partial charge on any atom is 0.230 e. The molecule has 1 aliphatic carbocycles. The van der Waals surface area contributed by atoms with E-state index in [2.05, 4.69) is 17.2 Å². The first-order chi connectivity index (χ1) is 11.0. The lowest BCUT2D eigenvalue weighted by atomic mass is 10.0. The molecular formula is C18H23N3OS. The molecule has 0 bridgehead atoms. The van der Waals surface area contributed by atoms with E-state index in [0.29, 0.717) is 11.7 Å². The number of nitrogens with one attached hydrogen (secondary N) is 1. The molecule has 1 heterocycles. The van der Waals surface area contributed by atoms with Gasteiger partial charge in [-0.1, -0.05) is 36.9 Å². The largest absolute Gasteiger partial charge is 0.351 e. The zero-order valence-corrected chi connectivity index (χ0v) is 14.7. The number of hydrogen-bond donors (Lipinski definition) is 1. The molecule has 1 aromatic heterocycles. The minimum Gasteiger partial charge on any atom is -0.351 e. The van der Waals surface area contributed by atoms with Crippen LogP contribution in [0.5, 0.6) is 0 Å². The van der Waals surface area contributed by atoms with Gasteiger partial charge >= 0.3 is 0 Å². The van der Waals surface area contributed by atoms with Crippen LogP contribution >= 0.6 is 11.8 Å². The first kappa shape index (κ1) is 16.2. The van der Waals surface area contributed by atoms with Crippen molar-refractivity contribution in [2.75, 3.05) is 5.75 Å². The molecular weight excluding hydrogens is 306 g/mol. The lowest BCUT2D eigenvalue weighted by molar-refractivity contribution is -0.120. The highest BCUT2D eigenvalue weighted by molar-refractivity contribution is 8.00. The molecule has 1 amide bonds. The van der Waals surface area contributed by atoms with Crippen molar-refractivity contribution in [3.05, 3.63) is 30.1 Å². The zero-order chi connectivity index (χ0) is 16.4. The van der Waals surface area contributed by atoms with Gasteiger partial charge in [-0.3, -0.25) is 4.79 Å². The van der Waals surface area contributed by atoms with Gasteiger partial charge in [-0.15, -0.1) is 0 Å². The molecule has 1 aliphatic rings. The predicted octanol–water partition coefficient (Wildman–Crippen LogP) is 3.90. The van der Waals surface area contributed by atoms with Gasteiger partial charge < -0.3 is 5.32 Å². The third-order valence-corrected chi connectivity index (χ3v) is 5.22. The second-order valence-corrected chi connectivity index (χ2v) is 7.72. The average Bonchev–Trinajstić information content (AvgIpc) is 3.37. The van der Waals surface area contributed by atoms with Crippen LogP contribution in [0.1, 0.15) is 51.8 Å². The summed E-state index contributed by atoms with van der Waals surface area (Å²) in [7, 11) is 0. The fraction of sp³-hybridized carbons (Fsp3) is 0.500. The molecule has 1 aromatic carbocycles. The molecule has 1 N–H and O–H groups in total. The number of para-hydroxylation sites is 1. The highest BCUT2D eigenvalue weighted by Crippen LogP contribution is 2.39. The fourth-order valence-electron chi connectivity index (χ4n) is 2.33. The second-order valence-electron chi connectivity index (χ2n) is 6.75. The summed E-state index contributed by atoms with van der Waals surface area (Å²) >= 11 is 1.51. The first-order valence-corrected chi connectivity index (χ1v) is 9.17. The van der Waals surface area contributed by atoms with Gasteiger partial charge in [-0.25, -0.2) is 9.97 Å². The maximum absolute atomic E-state index is 12.2. The summed E-state index contributed by atoms with van der Waals surface area (Å²) in [4.78, 5) is 21.6. The Morgan fingerprint density at radius 2 is 2.04 bits per heavy atom. The predicted molar refractivity (Wildman–Crippen MR) is 94.7 cm³/mol. The minimum atomic E-state index is -0.162. The molecule has 0 aliphatic heterocycles. The van der Waals surface area contributed by atoms with Gasteiger partial charge in [0.25, 0.3) is 0 Å². The van der Waals surface area contributed by atoms with Gasteiger partial charge in [0.05, 0.1) is 11.3 Å². The van der Waals surface area contributed by atoms with E-state index in [1.54, 1.807) is 0 Å². The second kappa shape index (κ2) is 6.48. The van der Waals surface area contributed by atoms with E-state index in [9.17, 15) is 4.79 Å². The van der Waals surface area contributed by atoms with E-state index in [4.69, 9.17) is 4.98 Å². The molecule has 2 aromatic rings. The summed E-state index contributed by atoms with van der Waals surface area (Å²) in [5.41, 5.74) is 0.811. The Hall–Kier alpha value is -1.62. The first-order valence-electron chi connectivity index (χ1n) is 8.19. The Morgan fingerprint density at radius 1 is 1.30 bits per heavy atom. The summed E-state index contributed by atoms with van der Waals surface area (Å²) in [5, 5.41) is 5.02. The molecule has 1 fully saturated rings. The van der Waals surface area contributed by atoms with Gasteiger partial charge in [-0.05, 0) is 39.2 Å². The van der Waals surface area contributed by atoms with Crippen LogP contribution in [0, 0.1) is 0 Å². The van der Waals surface area contributed by atoms with Crippen molar-refractivity contribution in [3.8, 4) is 0 Å². The van der Waals surface area contributed by atoms with Crippen molar-refractivity contribution in [3.63, 3.8) is 0 Å². The van der Waals surface area contributed by atoms with Crippen LogP contribution in [-0.4, -0.2) is 27.2 Å². The Kier molecular flexibility index (Phi) is 4.57. The minimum absolute atomic E-state index is 0.0533. The number of nitrogens with zero attached hydrogens (tertiary/aromatic N) is 2. The van der Waals surface area contributed by atoms with Gasteiger partial charge in [-0.2, -0.15) is 0 Å². The van der Waals surface area contributed by atoms with Crippen molar-refractivity contribution >= 4 is 28.6 Å². The monoisotopic (exact) mass is 329 g/mol. The summed E-state index contributed by atoms with van der Waals surface area (Å²) in [6, 6.07) is 8.04. The molecule has 0 unspecified atom stereocenters. The van der Waals surface area contributed by atoms with E-state index in [1.807, 2.05) is 38.1 Å². The number of amides is 1. The number of carbonyl (C=O) groups is 1. The molecule has 3 rings (SSSR count). The van der Waals surface area contributed by atoms with E-state index >= 15 is 0 Å². The Balaban J connectivity index is 1.78. The number of carbonyl (C=O) groups excluding carboxylic acids is 1. The van der Waals surface area contributed by atoms with Gasteiger partial charge in [0.15, 0.2) is 0 Å². The SMILES string of the molecule is CCC(C)(C)NC(=O)CSc1nc(C2CC2)nc2ccccc12. The highest BCUT2D eigenvalue weighted by Gasteiger charge is 2.27.